The summed E-state index contributed by atoms with van der Waals surface area (Å²) in [6, 6.07) is 1.97. The topological polar surface area (TPSA) is 0 Å². The Morgan fingerprint density at radius 3 is 2.83 bits per heavy atom. The monoisotopic (exact) mass is 266 g/mol. The summed E-state index contributed by atoms with van der Waals surface area (Å²) in [6.45, 7) is 2.22. The normalized spacial score (nSPS) is 13.2. The van der Waals surface area contributed by atoms with Crippen LogP contribution in [-0.4, -0.2) is 5.33 Å². The SMILES string of the molecule is CCC(CBr)Cc1sccc1Cl. The van der Waals surface area contributed by atoms with Crippen LogP contribution in [0.25, 0.3) is 0 Å². The molecule has 0 amide bonds. The molecule has 0 nitrogen and oxygen atoms in total. The maximum absolute atomic E-state index is 5.99. The van der Waals surface area contributed by atoms with Crippen molar-refractivity contribution in [3.63, 3.8) is 0 Å². The molecule has 0 aliphatic heterocycles. The van der Waals surface area contributed by atoms with Crippen molar-refractivity contribution in [3.8, 4) is 0 Å². The Bertz CT molecular complexity index is 230. The van der Waals surface area contributed by atoms with Crippen molar-refractivity contribution in [2.75, 3.05) is 5.33 Å². The molecule has 0 aliphatic rings. The van der Waals surface area contributed by atoms with Gasteiger partial charge in [-0.1, -0.05) is 40.9 Å². The van der Waals surface area contributed by atoms with E-state index < -0.39 is 0 Å². The van der Waals surface area contributed by atoms with Crippen molar-refractivity contribution in [1.29, 1.82) is 0 Å². The molecule has 0 aliphatic carbocycles. The first-order valence-electron chi connectivity index (χ1n) is 4.05. The van der Waals surface area contributed by atoms with Crippen molar-refractivity contribution in [1.82, 2.24) is 0 Å². The Morgan fingerprint density at radius 1 is 1.67 bits per heavy atom. The summed E-state index contributed by atoms with van der Waals surface area (Å²) in [4.78, 5) is 1.32. The lowest BCUT2D eigenvalue weighted by molar-refractivity contribution is 0.579. The predicted molar refractivity (Wildman–Crippen MR) is 60.6 cm³/mol. The Labute approximate surface area is 91.1 Å². The smallest absolute Gasteiger partial charge is 0.0545 e. The number of hydrogen-bond acceptors (Lipinski definition) is 1. The maximum atomic E-state index is 5.99. The summed E-state index contributed by atoms with van der Waals surface area (Å²) >= 11 is 11.3. The molecule has 68 valence electrons. The van der Waals surface area contributed by atoms with Crippen LogP contribution in [0.15, 0.2) is 11.4 Å². The van der Waals surface area contributed by atoms with Crippen molar-refractivity contribution in [2.24, 2.45) is 5.92 Å². The minimum atomic E-state index is 0.723. The summed E-state index contributed by atoms with van der Waals surface area (Å²) in [6.07, 6.45) is 2.32. The van der Waals surface area contributed by atoms with Gasteiger partial charge in [-0.15, -0.1) is 11.3 Å². The van der Waals surface area contributed by atoms with Gasteiger partial charge in [-0.25, -0.2) is 0 Å². The zero-order valence-corrected chi connectivity index (χ0v) is 10.2. The molecule has 12 heavy (non-hydrogen) atoms. The van der Waals surface area contributed by atoms with Crippen molar-refractivity contribution < 1.29 is 0 Å². The fourth-order valence-electron chi connectivity index (χ4n) is 1.04. The summed E-state index contributed by atoms with van der Waals surface area (Å²) in [5, 5.41) is 4.05. The van der Waals surface area contributed by atoms with Crippen molar-refractivity contribution in [3.05, 3.63) is 21.3 Å². The Hall–Kier alpha value is 0.470. The van der Waals surface area contributed by atoms with Gasteiger partial charge in [0, 0.05) is 10.2 Å². The summed E-state index contributed by atoms with van der Waals surface area (Å²) in [5.41, 5.74) is 0. The first kappa shape index (κ1) is 10.6. The molecule has 1 atom stereocenters. The average Bonchev–Trinajstić information content (AvgIpc) is 2.47. The van der Waals surface area contributed by atoms with E-state index in [1.54, 1.807) is 11.3 Å². The molecule has 1 rings (SSSR count). The third-order valence-corrected chi connectivity index (χ3v) is 4.29. The number of thiophene rings is 1. The van der Waals surface area contributed by atoms with Gasteiger partial charge in [0.2, 0.25) is 0 Å². The van der Waals surface area contributed by atoms with E-state index in [4.69, 9.17) is 11.6 Å². The molecule has 0 saturated carbocycles. The van der Waals surface area contributed by atoms with Gasteiger partial charge in [-0.05, 0) is 23.8 Å². The number of halogens is 2. The lowest BCUT2D eigenvalue weighted by Gasteiger charge is -2.09. The van der Waals surface area contributed by atoms with Crippen LogP contribution in [-0.2, 0) is 6.42 Å². The van der Waals surface area contributed by atoms with Gasteiger partial charge < -0.3 is 0 Å². The molecule has 0 fully saturated rings. The summed E-state index contributed by atoms with van der Waals surface area (Å²) in [5.74, 6) is 0.723. The van der Waals surface area contributed by atoms with Crippen LogP contribution in [0.3, 0.4) is 0 Å². The Kier molecular flexibility index (Phi) is 4.62. The third-order valence-electron chi connectivity index (χ3n) is 1.96. The van der Waals surface area contributed by atoms with Gasteiger partial charge in [-0.3, -0.25) is 0 Å². The fraction of sp³-hybridized carbons (Fsp3) is 0.556. The molecular weight excluding hydrogens is 256 g/mol. The maximum Gasteiger partial charge on any atom is 0.0545 e. The molecule has 0 N–H and O–H groups in total. The largest absolute Gasteiger partial charge is 0.147 e. The molecule has 1 heterocycles. The minimum absolute atomic E-state index is 0.723. The molecule has 0 radical (unpaired) electrons. The zero-order valence-electron chi connectivity index (χ0n) is 7.02. The molecule has 0 spiro atoms. The fourth-order valence-corrected chi connectivity index (χ4v) is 2.96. The standard InChI is InChI=1S/C9H12BrClS/c1-2-7(6-10)5-9-8(11)3-4-12-9/h3-4,7H,2,5-6H2,1H3. The van der Waals surface area contributed by atoms with Gasteiger partial charge in [0.05, 0.1) is 5.02 Å². The van der Waals surface area contributed by atoms with Gasteiger partial charge in [0.25, 0.3) is 0 Å². The zero-order chi connectivity index (χ0) is 8.97. The van der Waals surface area contributed by atoms with E-state index in [-0.39, 0.29) is 0 Å². The second-order valence-electron chi connectivity index (χ2n) is 2.82. The second kappa shape index (κ2) is 5.25. The van der Waals surface area contributed by atoms with Crippen LogP contribution >= 0.6 is 38.9 Å². The second-order valence-corrected chi connectivity index (χ2v) is 4.88. The summed E-state index contributed by atoms with van der Waals surface area (Å²) in [7, 11) is 0. The number of rotatable bonds is 4. The van der Waals surface area contributed by atoms with Gasteiger partial charge >= 0.3 is 0 Å². The van der Waals surface area contributed by atoms with Crippen LogP contribution < -0.4 is 0 Å². The highest BCUT2D eigenvalue weighted by molar-refractivity contribution is 9.09. The molecule has 1 aromatic heterocycles. The van der Waals surface area contributed by atoms with E-state index in [9.17, 15) is 0 Å². The lowest BCUT2D eigenvalue weighted by atomic mass is 10.0. The van der Waals surface area contributed by atoms with E-state index in [0.717, 1.165) is 22.7 Å². The highest BCUT2D eigenvalue weighted by Crippen LogP contribution is 2.26. The molecule has 3 heteroatoms. The van der Waals surface area contributed by atoms with Crippen LogP contribution in [0.4, 0.5) is 0 Å². The van der Waals surface area contributed by atoms with Crippen LogP contribution in [0.2, 0.25) is 5.02 Å². The first-order chi connectivity index (χ1) is 5.77. The Morgan fingerprint density at radius 2 is 2.42 bits per heavy atom. The third kappa shape index (κ3) is 2.75. The van der Waals surface area contributed by atoms with E-state index in [1.807, 2.05) is 6.07 Å². The van der Waals surface area contributed by atoms with Gasteiger partial charge in [0.15, 0.2) is 0 Å². The highest BCUT2D eigenvalue weighted by atomic mass is 79.9. The summed E-state index contributed by atoms with van der Waals surface area (Å²) < 4.78 is 0. The van der Waals surface area contributed by atoms with E-state index in [0.29, 0.717) is 0 Å². The highest BCUT2D eigenvalue weighted by Gasteiger charge is 2.09. The lowest BCUT2D eigenvalue weighted by Crippen LogP contribution is -2.03. The van der Waals surface area contributed by atoms with Crippen LogP contribution in [0.1, 0.15) is 18.2 Å². The van der Waals surface area contributed by atoms with E-state index >= 15 is 0 Å². The molecule has 0 bridgehead atoms. The molecule has 1 aromatic rings. The Balaban J connectivity index is 2.56. The average molecular weight is 268 g/mol. The van der Waals surface area contributed by atoms with Crippen LogP contribution in [0.5, 0.6) is 0 Å². The van der Waals surface area contributed by atoms with Gasteiger partial charge in [0.1, 0.15) is 0 Å². The minimum Gasteiger partial charge on any atom is -0.147 e. The van der Waals surface area contributed by atoms with Crippen LogP contribution in [0, 0.1) is 5.92 Å². The van der Waals surface area contributed by atoms with E-state index in [1.165, 1.54) is 11.3 Å². The predicted octanol–water partition coefficient (Wildman–Crippen LogP) is 4.37. The van der Waals surface area contributed by atoms with E-state index in [2.05, 4.69) is 28.2 Å². The number of hydrogen-bond donors (Lipinski definition) is 0. The molecule has 0 aromatic carbocycles. The molecular formula is C9H12BrClS. The van der Waals surface area contributed by atoms with Gasteiger partial charge in [-0.2, -0.15) is 0 Å². The van der Waals surface area contributed by atoms with Crippen molar-refractivity contribution in [2.45, 2.75) is 19.8 Å². The molecule has 0 saturated heterocycles. The first-order valence-corrected chi connectivity index (χ1v) is 6.43. The molecule has 1 unspecified atom stereocenters. The number of alkyl halides is 1. The van der Waals surface area contributed by atoms with Crippen molar-refractivity contribution >= 4 is 38.9 Å². The quantitative estimate of drug-likeness (QED) is 0.711.